The molecular weight excluding hydrogens is 270 g/mol. The summed E-state index contributed by atoms with van der Waals surface area (Å²) in [5.41, 5.74) is 2.47. The molecule has 1 saturated heterocycles. The Morgan fingerprint density at radius 1 is 1.00 bits per heavy atom. The number of nitrogens with zero attached hydrogens (tertiary/aromatic N) is 3. The van der Waals surface area contributed by atoms with Crippen molar-refractivity contribution in [2.75, 3.05) is 13.1 Å². The fourth-order valence-electron chi connectivity index (χ4n) is 3.51. The minimum Gasteiger partial charge on any atom is -0.327 e. The Morgan fingerprint density at radius 2 is 1.77 bits per heavy atom. The second-order valence-corrected chi connectivity index (χ2v) is 6.57. The van der Waals surface area contributed by atoms with Gasteiger partial charge in [-0.2, -0.15) is 0 Å². The molecule has 2 heterocycles. The van der Waals surface area contributed by atoms with E-state index in [1.807, 2.05) is 0 Å². The van der Waals surface area contributed by atoms with Crippen LogP contribution < -0.4 is 0 Å². The van der Waals surface area contributed by atoms with E-state index in [1.165, 1.54) is 69.4 Å². The molecule has 1 aromatic carbocycles. The topological polar surface area (TPSA) is 21.1 Å². The number of fused-ring (bicyclic) bond motifs is 1. The Kier molecular flexibility index (Phi) is 5.49. The van der Waals surface area contributed by atoms with Crippen molar-refractivity contribution in [1.29, 1.82) is 0 Å². The maximum absolute atomic E-state index is 4.94. The quantitative estimate of drug-likeness (QED) is 0.727. The van der Waals surface area contributed by atoms with Crippen LogP contribution >= 0.6 is 0 Å². The van der Waals surface area contributed by atoms with E-state index in [-0.39, 0.29) is 0 Å². The zero-order valence-corrected chi connectivity index (χ0v) is 13.9. The van der Waals surface area contributed by atoms with E-state index in [0.29, 0.717) is 0 Å². The summed E-state index contributed by atoms with van der Waals surface area (Å²) in [5, 5.41) is 0. The molecule has 120 valence electrons. The van der Waals surface area contributed by atoms with Crippen molar-refractivity contribution < 1.29 is 0 Å². The number of unbranched alkanes of at least 4 members (excludes halogenated alkanes) is 2. The van der Waals surface area contributed by atoms with E-state index in [9.17, 15) is 0 Å². The molecule has 3 heteroatoms. The van der Waals surface area contributed by atoms with Crippen LogP contribution in [0.15, 0.2) is 24.3 Å². The van der Waals surface area contributed by atoms with Crippen LogP contribution in [0.3, 0.4) is 0 Å². The van der Waals surface area contributed by atoms with Crippen molar-refractivity contribution in [1.82, 2.24) is 14.5 Å². The lowest BCUT2D eigenvalue weighted by molar-refractivity contribution is 0.266. The number of hydrogen-bond donors (Lipinski definition) is 0. The van der Waals surface area contributed by atoms with Crippen LogP contribution in [0.2, 0.25) is 0 Å². The van der Waals surface area contributed by atoms with E-state index in [2.05, 4.69) is 40.7 Å². The van der Waals surface area contributed by atoms with Crippen LogP contribution in [-0.2, 0) is 13.1 Å². The summed E-state index contributed by atoms with van der Waals surface area (Å²) >= 11 is 0. The van der Waals surface area contributed by atoms with Gasteiger partial charge in [0.1, 0.15) is 5.82 Å². The Labute approximate surface area is 134 Å². The van der Waals surface area contributed by atoms with Crippen molar-refractivity contribution in [3.05, 3.63) is 30.1 Å². The van der Waals surface area contributed by atoms with Crippen LogP contribution in [0, 0.1) is 0 Å². The third-order valence-electron chi connectivity index (χ3n) is 4.78. The summed E-state index contributed by atoms with van der Waals surface area (Å²) in [4.78, 5) is 7.54. The molecule has 0 radical (unpaired) electrons. The van der Waals surface area contributed by atoms with Crippen LogP contribution in [0.1, 0.15) is 57.7 Å². The molecule has 1 fully saturated rings. The second kappa shape index (κ2) is 7.77. The van der Waals surface area contributed by atoms with Gasteiger partial charge in [-0.05, 0) is 44.5 Å². The predicted molar refractivity (Wildman–Crippen MR) is 93.0 cm³/mol. The Bertz CT molecular complexity index is 579. The average molecular weight is 299 g/mol. The number of aromatic nitrogens is 2. The van der Waals surface area contributed by atoms with E-state index in [0.717, 1.165) is 18.6 Å². The van der Waals surface area contributed by atoms with E-state index < -0.39 is 0 Å². The van der Waals surface area contributed by atoms with Gasteiger partial charge in [0, 0.05) is 6.54 Å². The Hall–Kier alpha value is -1.35. The third kappa shape index (κ3) is 3.70. The first-order valence-corrected chi connectivity index (χ1v) is 9.05. The molecule has 2 aromatic rings. The van der Waals surface area contributed by atoms with Crippen molar-refractivity contribution in [3.63, 3.8) is 0 Å². The largest absolute Gasteiger partial charge is 0.327 e. The van der Waals surface area contributed by atoms with Gasteiger partial charge >= 0.3 is 0 Å². The molecule has 0 amide bonds. The molecule has 0 bridgehead atoms. The summed E-state index contributed by atoms with van der Waals surface area (Å²) in [5.74, 6) is 1.26. The normalized spacial score (nSPS) is 17.0. The second-order valence-electron chi connectivity index (χ2n) is 6.57. The van der Waals surface area contributed by atoms with E-state index in [1.54, 1.807) is 0 Å². The lowest BCUT2D eigenvalue weighted by Crippen LogP contribution is -2.26. The zero-order chi connectivity index (χ0) is 15.2. The summed E-state index contributed by atoms with van der Waals surface area (Å²) in [6.45, 7) is 6.86. The van der Waals surface area contributed by atoms with Crippen molar-refractivity contribution >= 4 is 11.0 Å². The van der Waals surface area contributed by atoms with Gasteiger partial charge in [0.2, 0.25) is 0 Å². The Morgan fingerprint density at radius 3 is 2.55 bits per heavy atom. The molecule has 0 spiro atoms. The fraction of sp³-hybridized carbons (Fsp3) is 0.632. The summed E-state index contributed by atoms with van der Waals surface area (Å²) in [6.07, 6.45) is 9.30. The highest BCUT2D eigenvalue weighted by Crippen LogP contribution is 2.20. The van der Waals surface area contributed by atoms with E-state index >= 15 is 0 Å². The standard InChI is InChI=1S/C19H29N3/c1-2-3-8-15-22-18-12-7-6-11-17(18)20-19(22)16-21-13-9-4-5-10-14-21/h6-7,11-12H,2-5,8-10,13-16H2,1H3. The molecule has 1 aliphatic rings. The van der Waals surface area contributed by atoms with Crippen molar-refractivity contribution in [3.8, 4) is 0 Å². The molecule has 1 aromatic heterocycles. The first-order valence-electron chi connectivity index (χ1n) is 9.05. The van der Waals surface area contributed by atoms with Gasteiger partial charge in [-0.1, -0.05) is 44.7 Å². The SMILES string of the molecule is CCCCCn1c(CN2CCCCCC2)nc2ccccc21. The number of likely N-dealkylation sites (tertiary alicyclic amines) is 1. The summed E-state index contributed by atoms with van der Waals surface area (Å²) < 4.78 is 2.47. The van der Waals surface area contributed by atoms with Gasteiger partial charge < -0.3 is 4.57 Å². The molecule has 0 atom stereocenters. The first kappa shape index (κ1) is 15.5. The lowest BCUT2D eigenvalue weighted by atomic mass is 10.2. The number of benzene rings is 1. The molecule has 0 saturated carbocycles. The molecule has 3 rings (SSSR count). The van der Waals surface area contributed by atoms with Gasteiger partial charge in [-0.3, -0.25) is 4.90 Å². The first-order chi connectivity index (χ1) is 10.9. The number of imidazole rings is 1. The van der Waals surface area contributed by atoms with Crippen LogP contribution in [0.25, 0.3) is 11.0 Å². The minimum absolute atomic E-state index is 1.01. The smallest absolute Gasteiger partial charge is 0.124 e. The number of hydrogen-bond acceptors (Lipinski definition) is 2. The predicted octanol–water partition coefficient (Wildman–Crippen LogP) is 4.60. The van der Waals surface area contributed by atoms with Crippen molar-refractivity contribution in [2.45, 2.75) is 65.0 Å². The lowest BCUT2D eigenvalue weighted by Gasteiger charge is -2.20. The Balaban J connectivity index is 1.81. The molecule has 0 N–H and O–H groups in total. The van der Waals surface area contributed by atoms with E-state index in [4.69, 9.17) is 4.98 Å². The number of para-hydroxylation sites is 2. The maximum Gasteiger partial charge on any atom is 0.124 e. The molecule has 22 heavy (non-hydrogen) atoms. The molecule has 1 aliphatic heterocycles. The van der Waals surface area contributed by atoms with Gasteiger partial charge in [0.15, 0.2) is 0 Å². The van der Waals surface area contributed by atoms with Gasteiger partial charge in [-0.25, -0.2) is 4.98 Å². The van der Waals surface area contributed by atoms with Gasteiger partial charge in [-0.15, -0.1) is 0 Å². The number of aryl methyl sites for hydroxylation is 1. The maximum atomic E-state index is 4.94. The fourth-order valence-corrected chi connectivity index (χ4v) is 3.51. The zero-order valence-electron chi connectivity index (χ0n) is 13.9. The minimum atomic E-state index is 1.01. The highest BCUT2D eigenvalue weighted by molar-refractivity contribution is 5.75. The highest BCUT2D eigenvalue weighted by Gasteiger charge is 2.15. The number of rotatable bonds is 6. The molecular formula is C19H29N3. The van der Waals surface area contributed by atoms with Gasteiger partial charge in [0.25, 0.3) is 0 Å². The third-order valence-corrected chi connectivity index (χ3v) is 4.78. The van der Waals surface area contributed by atoms with Gasteiger partial charge in [0.05, 0.1) is 17.6 Å². The van der Waals surface area contributed by atoms with Crippen LogP contribution in [-0.4, -0.2) is 27.5 Å². The van der Waals surface area contributed by atoms with Crippen molar-refractivity contribution in [2.24, 2.45) is 0 Å². The monoisotopic (exact) mass is 299 g/mol. The molecule has 0 aliphatic carbocycles. The summed E-state index contributed by atoms with van der Waals surface area (Å²) in [6, 6.07) is 8.61. The highest BCUT2D eigenvalue weighted by atomic mass is 15.2. The summed E-state index contributed by atoms with van der Waals surface area (Å²) in [7, 11) is 0. The van der Waals surface area contributed by atoms with Crippen LogP contribution in [0.5, 0.6) is 0 Å². The molecule has 0 unspecified atom stereocenters. The molecule has 3 nitrogen and oxygen atoms in total. The average Bonchev–Trinajstić information content (AvgIpc) is 2.71. The van der Waals surface area contributed by atoms with Crippen LogP contribution in [0.4, 0.5) is 0 Å².